The van der Waals surface area contributed by atoms with Crippen LogP contribution in [-0.4, -0.2) is 241 Å². The predicted octanol–water partition coefficient (Wildman–Crippen LogP) is -1.11. The first-order valence-electron chi connectivity index (χ1n) is 38.0. The Morgan fingerprint density at radius 3 is 1.77 bits per heavy atom. The zero-order valence-corrected chi connectivity index (χ0v) is 62.0. The van der Waals surface area contributed by atoms with Crippen LogP contribution in [0, 0.1) is 6.92 Å². The molecule has 17 atom stereocenters. The van der Waals surface area contributed by atoms with E-state index in [4.69, 9.17) is 63.8 Å². The van der Waals surface area contributed by atoms with E-state index in [-0.39, 0.29) is 60.1 Å². The number of ether oxygens (including phenoxy) is 5. The van der Waals surface area contributed by atoms with E-state index in [0.717, 1.165) is 90.1 Å². The molecule has 606 valence electrons. The minimum absolute atomic E-state index is 0.0175. The van der Waals surface area contributed by atoms with Gasteiger partial charge in [0, 0.05) is 50.5 Å². The van der Waals surface area contributed by atoms with Gasteiger partial charge in [0.1, 0.15) is 72.2 Å². The molecule has 0 aliphatic carbocycles. The lowest BCUT2D eigenvalue weighted by molar-refractivity contribution is -0.372. The Bertz CT molecular complexity index is 2840. The number of aromatic amines is 1. The summed E-state index contributed by atoms with van der Waals surface area (Å²) in [5.74, 6) is -4.33. The molecule has 0 saturated carbocycles. The number of nitrogen functional groups attached to an aromatic ring is 1. The van der Waals surface area contributed by atoms with Gasteiger partial charge in [-0.05, 0) is 78.4 Å². The highest BCUT2D eigenvalue weighted by molar-refractivity contribution is 5.98. The Hall–Kier alpha value is -6.46. The Morgan fingerprint density at radius 1 is 0.642 bits per heavy atom. The number of primary amides is 3. The second-order valence-corrected chi connectivity index (χ2v) is 27.9. The summed E-state index contributed by atoms with van der Waals surface area (Å²) >= 11 is 0. The van der Waals surface area contributed by atoms with Crippen molar-refractivity contribution >= 4 is 47.4 Å². The van der Waals surface area contributed by atoms with Crippen molar-refractivity contribution in [2.24, 2.45) is 34.4 Å². The van der Waals surface area contributed by atoms with Gasteiger partial charge in [-0.1, -0.05) is 122 Å². The highest BCUT2D eigenvalue weighted by Gasteiger charge is 2.53. The highest BCUT2D eigenvalue weighted by atomic mass is 16.8. The number of aliphatic hydroxyl groups excluding tert-OH is 7. The number of nitrogens with zero attached hydrogens (tertiary/aromatic N) is 3. The van der Waals surface area contributed by atoms with Crippen molar-refractivity contribution < 1.29 is 93.0 Å². The van der Waals surface area contributed by atoms with Crippen molar-refractivity contribution in [2.75, 3.05) is 58.2 Å². The molecule has 4 heterocycles. The molecule has 2 fully saturated rings. The average molecular weight is 1510 g/mol. The zero-order chi connectivity index (χ0) is 77.9. The summed E-state index contributed by atoms with van der Waals surface area (Å²) < 4.78 is 29.0. The van der Waals surface area contributed by atoms with Gasteiger partial charge in [0.05, 0.1) is 55.7 Å². The SMILES string of the molecule is Cc1c(N)nc([C@H](CC(N)=O)NCC(N)C(N)=O)nc1C(=O)N[C@H](C(=O)N[C@H](C)[C@@H](O)CCCCCCCCCCCCCCCCCCCCCCC(=O)NCCCC(N)CC(=O)NCCCNCCCCN)[C@@H](O[C@@H]1O[C@@H](CO)[C@@H](O)[C@H](O)[C@@H]1O[C@H]1O[C@@H](CO)[C@@H](O)[C@H](OC(N)=O)[C@@H]1O)c1cnc[nH]1. The van der Waals surface area contributed by atoms with Gasteiger partial charge in [0.25, 0.3) is 5.91 Å². The van der Waals surface area contributed by atoms with Crippen LogP contribution in [0.5, 0.6) is 0 Å². The maximum atomic E-state index is 15.0. The van der Waals surface area contributed by atoms with E-state index in [9.17, 15) is 64.5 Å². The van der Waals surface area contributed by atoms with Crippen LogP contribution in [0.2, 0.25) is 0 Å². The molecule has 4 rings (SSSR count). The number of unbranched alkanes of at least 4 members (excludes halogenated alkanes) is 20. The minimum Gasteiger partial charge on any atom is -0.441 e. The first kappa shape index (κ1) is 91.9. The fourth-order valence-corrected chi connectivity index (χ4v) is 12.6. The largest absolute Gasteiger partial charge is 0.441 e. The smallest absolute Gasteiger partial charge is 0.404 e. The first-order valence-corrected chi connectivity index (χ1v) is 38.0. The summed E-state index contributed by atoms with van der Waals surface area (Å²) in [4.78, 5) is 106. The Kier molecular flexibility index (Phi) is 44.9. The number of anilines is 1. The van der Waals surface area contributed by atoms with E-state index in [0.29, 0.717) is 38.9 Å². The lowest BCUT2D eigenvalue weighted by Crippen LogP contribution is -2.65. The first-order chi connectivity index (χ1) is 50.8. The van der Waals surface area contributed by atoms with Crippen LogP contribution in [0.25, 0.3) is 0 Å². The Morgan fingerprint density at radius 2 is 1.21 bits per heavy atom. The van der Waals surface area contributed by atoms with Gasteiger partial charge in [-0.3, -0.25) is 28.8 Å². The molecule has 36 nitrogen and oxygen atoms in total. The zero-order valence-electron chi connectivity index (χ0n) is 62.0. The molecule has 7 amide bonds. The maximum Gasteiger partial charge on any atom is 0.404 e. The normalized spacial score (nSPS) is 22.3. The molecular weight excluding hydrogens is 1380 g/mol. The third-order valence-electron chi connectivity index (χ3n) is 19.0. The monoisotopic (exact) mass is 1510 g/mol. The fourth-order valence-electron chi connectivity index (χ4n) is 12.6. The number of hydrogen-bond acceptors (Lipinski definition) is 28. The van der Waals surface area contributed by atoms with E-state index in [1.54, 1.807) is 6.92 Å². The second kappa shape index (κ2) is 51.8. The molecule has 0 bridgehead atoms. The molecule has 36 heteroatoms. The molecule has 2 aromatic rings. The quantitative estimate of drug-likeness (QED) is 0.0349. The number of carbonyl (C=O) groups is 7. The van der Waals surface area contributed by atoms with Gasteiger partial charge in [0.2, 0.25) is 29.5 Å². The maximum absolute atomic E-state index is 15.0. The van der Waals surface area contributed by atoms with Crippen LogP contribution in [0.15, 0.2) is 12.5 Å². The van der Waals surface area contributed by atoms with E-state index in [1.165, 1.54) is 90.1 Å². The van der Waals surface area contributed by atoms with Crippen LogP contribution in [-0.2, 0) is 47.7 Å². The standard InChI is InChI=1S/C70H127N17O19/c1-42-54(85-65(87-63(42)75)46(36-51(74)91)82-37-45(73)64(76)98)66(99)86-55(60(47-38-79-41-83-47)104-69-62(58(96)56(94)49(39-88)103-69)105-68-59(97)61(106-70(77)101)57(95)50(40-89)102-68)67(100)84-43(2)48(90)28-21-19-17-15-13-11-9-7-5-3-4-6-8-10-12-14-16-18-20-22-29-52(92)80-33-25-27-44(72)35-53(93)81-34-26-32-78-31-24-23-30-71/h38,41,43-46,48-50,55-62,68-69,78,82,88-90,94-97H,3-37,39-40,71-73H2,1-2H3,(H2,74,91)(H2,76,98)(H2,77,101)(H,79,83)(H,80,92)(H,81,93)(H,84,100)(H,86,99)(H2,75,85,87)/t43-,44?,45?,46+,48+,49+,50+,55+,56-,57-,58+,59+,60+,61+,62+,68-,69+/m1/s1. The molecule has 0 radical (unpaired) electrons. The summed E-state index contributed by atoms with van der Waals surface area (Å²) in [5, 5.41) is 94.3. The number of carbonyl (C=O) groups excluding carboxylic acids is 7. The third-order valence-corrected chi connectivity index (χ3v) is 19.0. The van der Waals surface area contributed by atoms with Crippen LogP contribution in [0.4, 0.5) is 10.6 Å². The van der Waals surface area contributed by atoms with Crippen LogP contribution in [0.1, 0.15) is 233 Å². The molecule has 2 unspecified atom stereocenters. The molecular formula is C70H127N17O19. The van der Waals surface area contributed by atoms with Crippen LogP contribution in [0.3, 0.4) is 0 Å². The number of aliphatic hydroxyl groups is 7. The minimum atomic E-state index is -2.10. The summed E-state index contributed by atoms with van der Waals surface area (Å²) in [6.07, 6.45) is 6.01. The van der Waals surface area contributed by atoms with Crippen molar-refractivity contribution in [3.05, 3.63) is 35.3 Å². The number of aromatic nitrogens is 4. The second-order valence-electron chi connectivity index (χ2n) is 27.9. The number of H-pyrrole nitrogens is 1. The van der Waals surface area contributed by atoms with Crippen molar-refractivity contribution in [3.8, 4) is 0 Å². The van der Waals surface area contributed by atoms with Gasteiger partial charge >= 0.3 is 6.09 Å². The van der Waals surface area contributed by atoms with Gasteiger partial charge in [-0.25, -0.2) is 19.7 Å². The molecule has 2 aromatic heterocycles. The molecule has 0 aromatic carbocycles. The third kappa shape index (κ3) is 34.0. The van der Waals surface area contributed by atoms with Crippen molar-refractivity contribution in [3.63, 3.8) is 0 Å². The molecule has 2 aliphatic heterocycles. The lowest BCUT2D eigenvalue weighted by Gasteiger charge is -2.47. The Labute approximate surface area is 621 Å². The summed E-state index contributed by atoms with van der Waals surface area (Å²) in [6, 6.07) is -5.58. The molecule has 28 N–H and O–H groups in total. The number of imidazole rings is 1. The average Bonchev–Trinajstić information content (AvgIpc) is 0.931. The lowest BCUT2D eigenvalue weighted by atomic mass is 9.97. The highest BCUT2D eigenvalue weighted by Crippen LogP contribution is 2.35. The van der Waals surface area contributed by atoms with E-state index >= 15 is 4.79 Å². The van der Waals surface area contributed by atoms with Gasteiger partial charge in [-0.2, -0.15) is 0 Å². The molecule has 2 aliphatic rings. The van der Waals surface area contributed by atoms with Gasteiger partial charge < -0.3 is 136 Å². The molecule has 0 spiro atoms. The van der Waals surface area contributed by atoms with Crippen LogP contribution < -0.4 is 72.0 Å². The topological polar surface area (TPSA) is 616 Å². The van der Waals surface area contributed by atoms with Crippen molar-refractivity contribution in [1.29, 1.82) is 0 Å². The molecule has 2 saturated heterocycles. The number of hydrogen-bond donors (Lipinski definition) is 21. The van der Waals surface area contributed by atoms with E-state index < -0.39 is 153 Å². The van der Waals surface area contributed by atoms with Crippen molar-refractivity contribution in [1.82, 2.24) is 51.8 Å². The summed E-state index contributed by atoms with van der Waals surface area (Å²) in [7, 11) is 0. The van der Waals surface area contributed by atoms with Crippen LogP contribution >= 0.6 is 0 Å². The number of nitrogens with one attached hydrogen (secondary N) is 7. The Balaban J connectivity index is 1.24. The summed E-state index contributed by atoms with van der Waals surface area (Å²) in [6.45, 7) is 4.47. The summed E-state index contributed by atoms with van der Waals surface area (Å²) in [5.41, 5.74) is 39.4. The van der Waals surface area contributed by atoms with E-state index in [1.807, 2.05) is 0 Å². The molecule has 106 heavy (non-hydrogen) atoms. The predicted molar refractivity (Wildman–Crippen MR) is 390 cm³/mol. The number of rotatable bonds is 58. The number of amides is 7. The van der Waals surface area contributed by atoms with Crippen molar-refractivity contribution in [2.45, 2.75) is 304 Å². The van der Waals surface area contributed by atoms with E-state index in [2.05, 4.69) is 51.8 Å². The number of nitrogens with two attached hydrogens (primary N) is 7. The fraction of sp³-hybridized carbons (Fsp3) is 0.800. The van der Waals surface area contributed by atoms with Gasteiger partial charge in [0.15, 0.2) is 18.7 Å². The van der Waals surface area contributed by atoms with Gasteiger partial charge in [-0.15, -0.1) is 0 Å².